The van der Waals surface area contributed by atoms with Crippen molar-refractivity contribution >= 4 is 36.8 Å². The zero-order chi connectivity index (χ0) is 21.5. The first-order chi connectivity index (χ1) is 14.2. The van der Waals surface area contributed by atoms with Gasteiger partial charge in [0.2, 0.25) is 0 Å². The van der Waals surface area contributed by atoms with Gasteiger partial charge in [-0.3, -0.25) is 0 Å². The third kappa shape index (κ3) is 4.43. The Morgan fingerprint density at radius 1 is 1.47 bits per heavy atom. The molecule has 0 radical (unpaired) electrons. The maximum atomic E-state index is 13.3. The molecule has 1 saturated heterocycles. The van der Waals surface area contributed by atoms with Gasteiger partial charge in [-0.25, -0.2) is 0 Å². The summed E-state index contributed by atoms with van der Waals surface area (Å²) in [6, 6.07) is 1.67. The molecule has 160 valence electrons. The molecule has 0 bridgehead atoms. The number of fused-ring (bicyclic) bond motifs is 2. The molecule has 30 heavy (non-hydrogen) atoms. The summed E-state index contributed by atoms with van der Waals surface area (Å²) in [7, 11) is 2.10. The molecule has 2 fully saturated rings. The number of aromatic nitrogens is 2. The van der Waals surface area contributed by atoms with E-state index in [1.54, 1.807) is 16.7 Å². The third-order valence-electron chi connectivity index (χ3n) is 5.58. The summed E-state index contributed by atoms with van der Waals surface area (Å²) in [5, 5.41) is 1.77. The topological polar surface area (TPSA) is 61.7 Å². The van der Waals surface area contributed by atoms with Gasteiger partial charge in [0, 0.05) is 0 Å². The van der Waals surface area contributed by atoms with E-state index >= 15 is 0 Å². The normalized spacial score (nSPS) is 23.4. The molecule has 2 unspecified atom stereocenters. The molecule has 10 heteroatoms. The Bertz CT molecular complexity index is 1040. The fraction of sp³-hybridized carbons (Fsp3) is 0.500. The van der Waals surface area contributed by atoms with E-state index < -0.39 is 20.0 Å². The van der Waals surface area contributed by atoms with Gasteiger partial charge in [-0.2, -0.15) is 0 Å². The molecular formula is C20H22F3N5OSe. The number of anilines is 1. The molecule has 0 spiro atoms. The van der Waals surface area contributed by atoms with Crippen molar-refractivity contribution in [1.82, 2.24) is 19.6 Å². The summed E-state index contributed by atoms with van der Waals surface area (Å²) < 4.78 is 41.5. The van der Waals surface area contributed by atoms with Crippen molar-refractivity contribution in [3.63, 3.8) is 0 Å². The van der Waals surface area contributed by atoms with Crippen molar-refractivity contribution in [3.05, 3.63) is 24.0 Å². The van der Waals surface area contributed by atoms with Crippen LogP contribution in [0.1, 0.15) is 25.3 Å². The minimum atomic E-state index is -4.31. The second kappa shape index (κ2) is 7.80. The molecular weight excluding hydrogens is 462 g/mol. The van der Waals surface area contributed by atoms with E-state index in [0.717, 1.165) is 25.9 Å². The summed E-state index contributed by atoms with van der Waals surface area (Å²) in [4.78, 5) is 17.7. The Kier molecular flexibility index (Phi) is 5.47. The molecule has 0 aromatic carbocycles. The van der Waals surface area contributed by atoms with Crippen LogP contribution in [-0.4, -0.2) is 72.4 Å². The molecule has 2 aliphatic rings. The number of amides is 1. The number of alkyl halides is 3. The van der Waals surface area contributed by atoms with Gasteiger partial charge in [-0.05, 0) is 0 Å². The molecule has 4 rings (SSSR count). The number of nitrogens with zero attached hydrogens (tertiary/aromatic N) is 3. The van der Waals surface area contributed by atoms with Gasteiger partial charge in [-0.1, -0.05) is 0 Å². The van der Waals surface area contributed by atoms with Crippen LogP contribution in [0.3, 0.4) is 0 Å². The molecule has 6 nitrogen and oxygen atoms in total. The zero-order valence-electron chi connectivity index (χ0n) is 16.6. The molecule has 2 aromatic heterocycles. The first-order valence-electron chi connectivity index (χ1n) is 9.63. The van der Waals surface area contributed by atoms with Crippen LogP contribution >= 0.6 is 0 Å². The molecule has 1 saturated carbocycles. The molecule has 2 atom stereocenters. The second-order valence-corrected chi connectivity index (χ2v) is 10.1. The average molecular weight is 484 g/mol. The van der Waals surface area contributed by atoms with Crippen LogP contribution in [0.25, 0.3) is 5.52 Å². The Hall–Kier alpha value is -2.21. The fourth-order valence-electron chi connectivity index (χ4n) is 4.02. The van der Waals surface area contributed by atoms with Crippen molar-refractivity contribution in [2.45, 2.75) is 30.4 Å². The summed E-state index contributed by atoms with van der Waals surface area (Å²) in [6.07, 6.45) is 5.12. The molecule has 2 N–H and O–H groups in total. The van der Waals surface area contributed by atoms with Gasteiger partial charge in [0.05, 0.1) is 0 Å². The van der Waals surface area contributed by atoms with Crippen molar-refractivity contribution < 1.29 is 18.0 Å². The van der Waals surface area contributed by atoms with Crippen LogP contribution in [-0.2, 0) is 4.79 Å². The van der Waals surface area contributed by atoms with Crippen LogP contribution in [0.5, 0.6) is 0 Å². The summed E-state index contributed by atoms with van der Waals surface area (Å²) in [5.41, 5.74) is 0.904. The van der Waals surface area contributed by atoms with Gasteiger partial charge in [0.25, 0.3) is 0 Å². The molecule has 1 aliphatic carbocycles. The SMILES string of the molecule is CC(=O)NCC#Cc1cc2c(NC34CCN(C)CC3C4)nccn2c1[Se]C(F)(F)F. The van der Waals surface area contributed by atoms with E-state index in [4.69, 9.17) is 0 Å². The summed E-state index contributed by atoms with van der Waals surface area (Å²) in [6.45, 7) is 3.45. The van der Waals surface area contributed by atoms with Gasteiger partial charge >= 0.3 is 179 Å². The zero-order valence-corrected chi connectivity index (χ0v) is 18.4. The first-order valence-corrected chi connectivity index (χ1v) is 11.3. The van der Waals surface area contributed by atoms with Crippen LogP contribution in [0, 0.1) is 17.8 Å². The Morgan fingerprint density at radius 3 is 2.97 bits per heavy atom. The van der Waals surface area contributed by atoms with E-state index in [2.05, 4.69) is 39.4 Å². The van der Waals surface area contributed by atoms with Crippen LogP contribution in [0.15, 0.2) is 18.5 Å². The van der Waals surface area contributed by atoms with Gasteiger partial charge in [-0.15, -0.1) is 0 Å². The number of halogens is 3. The number of nitrogens with one attached hydrogen (secondary N) is 2. The second-order valence-electron chi connectivity index (χ2n) is 7.85. The number of carbonyl (C=O) groups excluding carboxylic acids is 1. The average Bonchev–Trinajstić information content (AvgIpc) is 3.24. The van der Waals surface area contributed by atoms with Crippen molar-refractivity contribution in [1.29, 1.82) is 0 Å². The van der Waals surface area contributed by atoms with E-state index in [9.17, 15) is 18.0 Å². The van der Waals surface area contributed by atoms with E-state index in [0.29, 0.717) is 22.8 Å². The van der Waals surface area contributed by atoms with Crippen molar-refractivity contribution in [2.75, 3.05) is 32.0 Å². The maximum absolute atomic E-state index is 13.3. The van der Waals surface area contributed by atoms with Gasteiger partial charge in [0.1, 0.15) is 0 Å². The number of carbonyl (C=O) groups is 1. The Labute approximate surface area is 178 Å². The van der Waals surface area contributed by atoms with Crippen LogP contribution < -0.4 is 15.2 Å². The summed E-state index contributed by atoms with van der Waals surface area (Å²) >= 11 is -1.76. The number of likely N-dealkylation sites (tertiary alicyclic amines) is 1. The van der Waals surface area contributed by atoms with Crippen LogP contribution in [0.2, 0.25) is 0 Å². The van der Waals surface area contributed by atoms with Crippen molar-refractivity contribution in [2.24, 2.45) is 5.92 Å². The Balaban J connectivity index is 1.68. The molecule has 1 amide bonds. The van der Waals surface area contributed by atoms with Crippen molar-refractivity contribution in [3.8, 4) is 11.8 Å². The number of hydrogen-bond donors (Lipinski definition) is 2. The minimum absolute atomic E-state index is 0.0157. The van der Waals surface area contributed by atoms with E-state index in [-0.39, 0.29) is 22.6 Å². The predicted molar refractivity (Wildman–Crippen MR) is 109 cm³/mol. The number of hydrogen-bond acceptors (Lipinski definition) is 4. The third-order valence-corrected chi connectivity index (χ3v) is 7.35. The quantitative estimate of drug-likeness (QED) is 0.506. The fourth-order valence-corrected chi connectivity index (χ4v) is 5.48. The number of rotatable bonds is 4. The molecule has 2 aromatic rings. The standard InChI is InChI=1S/C20H22F3N5OSe/c1-13(29)24-6-3-4-14-10-16-17(26-19-5-8-27(2)12-15(19)11-19)25-7-9-28(16)18(14)30-20(21,22)23/h7,9-10,15H,5-6,8,11-12H2,1-2H3,(H,24,29)(H,25,26). The Morgan fingerprint density at radius 2 is 2.27 bits per heavy atom. The monoisotopic (exact) mass is 485 g/mol. The summed E-state index contributed by atoms with van der Waals surface area (Å²) in [5.74, 6) is 6.44. The molecule has 3 heterocycles. The molecule has 1 aliphatic heterocycles. The van der Waals surface area contributed by atoms with E-state index in [1.165, 1.54) is 13.1 Å². The predicted octanol–water partition coefficient (Wildman–Crippen LogP) is 1.18. The number of piperidine rings is 1. The van der Waals surface area contributed by atoms with E-state index in [1.807, 2.05) is 0 Å². The first kappa shape index (κ1) is 21.0. The van der Waals surface area contributed by atoms with Gasteiger partial charge < -0.3 is 0 Å². The van der Waals surface area contributed by atoms with Gasteiger partial charge in [0.15, 0.2) is 0 Å². The van der Waals surface area contributed by atoms with Crippen LogP contribution in [0.4, 0.5) is 19.0 Å².